The predicted octanol–water partition coefficient (Wildman–Crippen LogP) is 3.03. The zero-order valence-electron chi connectivity index (χ0n) is 9.96. The highest BCUT2D eigenvalue weighted by molar-refractivity contribution is 5.93. The normalized spacial score (nSPS) is 19.4. The van der Waals surface area contributed by atoms with Gasteiger partial charge in [-0.1, -0.05) is 6.07 Å². The van der Waals surface area contributed by atoms with E-state index in [2.05, 4.69) is 5.32 Å². The van der Waals surface area contributed by atoms with Crippen LogP contribution in [0.15, 0.2) is 24.3 Å². The lowest BCUT2D eigenvalue weighted by molar-refractivity contribution is -0.124. The summed E-state index contributed by atoms with van der Waals surface area (Å²) in [5, 5.41) is 2.72. The van der Waals surface area contributed by atoms with Crippen LogP contribution in [0.5, 0.6) is 0 Å². The van der Waals surface area contributed by atoms with Crippen molar-refractivity contribution < 1.29 is 13.6 Å². The molecule has 1 aliphatic carbocycles. The van der Waals surface area contributed by atoms with Gasteiger partial charge in [0.2, 0.25) is 11.8 Å². The van der Waals surface area contributed by atoms with Crippen LogP contribution < -0.4 is 11.1 Å². The number of carbonyl (C=O) groups is 1. The van der Waals surface area contributed by atoms with Gasteiger partial charge in [-0.15, -0.1) is 0 Å². The molecular weight excluding hydrogens is 238 g/mol. The molecule has 2 rings (SSSR count). The molecule has 0 saturated heterocycles. The van der Waals surface area contributed by atoms with Gasteiger partial charge in [0.1, 0.15) is 0 Å². The summed E-state index contributed by atoms with van der Waals surface area (Å²) in [4.78, 5) is 11.9. The van der Waals surface area contributed by atoms with Gasteiger partial charge >= 0.3 is 0 Å². The number of halogens is 2. The fraction of sp³-hybridized carbons (Fsp3) is 0.462. The molecule has 5 heteroatoms. The number of rotatable bonds is 2. The van der Waals surface area contributed by atoms with E-state index in [1.807, 2.05) is 0 Å². The van der Waals surface area contributed by atoms with Crippen molar-refractivity contribution in [3.63, 3.8) is 0 Å². The first-order valence-corrected chi connectivity index (χ1v) is 6.00. The zero-order chi connectivity index (χ0) is 13.2. The third-order valence-electron chi connectivity index (χ3n) is 3.24. The second-order valence-corrected chi connectivity index (χ2v) is 4.74. The van der Waals surface area contributed by atoms with Gasteiger partial charge in [0.05, 0.1) is 0 Å². The highest BCUT2D eigenvalue weighted by Gasteiger charge is 2.37. The summed E-state index contributed by atoms with van der Waals surface area (Å²) in [6.45, 7) is 0. The second-order valence-electron chi connectivity index (χ2n) is 4.74. The molecule has 0 aromatic heterocycles. The van der Waals surface area contributed by atoms with E-state index < -0.39 is 5.92 Å². The van der Waals surface area contributed by atoms with E-state index in [4.69, 9.17) is 5.73 Å². The number of benzene rings is 1. The van der Waals surface area contributed by atoms with Gasteiger partial charge in [-0.05, 0) is 31.0 Å². The Labute approximate surface area is 104 Å². The Morgan fingerprint density at radius 1 is 1.33 bits per heavy atom. The molecule has 0 spiro atoms. The molecular formula is C13H16F2N2O. The summed E-state index contributed by atoms with van der Waals surface area (Å²) >= 11 is 0. The number of amides is 1. The van der Waals surface area contributed by atoms with Crippen LogP contribution in [0.2, 0.25) is 0 Å². The molecule has 0 unspecified atom stereocenters. The first-order valence-electron chi connectivity index (χ1n) is 6.00. The summed E-state index contributed by atoms with van der Waals surface area (Å²) in [5.41, 5.74) is 6.76. The van der Waals surface area contributed by atoms with Gasteiger partial charge in [0.15, 0.2) is 0 Å². The van der Waals surface area contributed by atoms with E-state index in [1.165, 1.54) is 0 Å². The smallest absolute Gasteiger partial charge is 0.248 e. The molecule has 0 radical (unpaired) electrons. The van der Waals surface area contributed by atoms with Crippen LogP contribution in [0, 0.1) is 5.92 Å². The highest BCUT2D eigenvalue weighted by atomic mass is 19.3. The molecule has 1 amide bonds. The molecule has 1 aromatic rings. The van der Waals surface area contributed by atoms with E-state index >= 15 is 0 Å². The lowest BCUT2D eigenvalue weighted by Gasteiger charge is -2.27. The van der Waals surface area contributed by atoms with Crippen molar-refractivity contribution in [1.29, 1.82) is 0 Å². The van der Waals surface area contributed by atoms with Crippen molar-refractivity contribution in [3.05, 3.63) is 24.3 Å². The summed E-state index contributed by atoms with van der Waals surface area (Å²) < 4.78 is 25.9. The lowest BCUT2D eigenvalue weighted by atomic mass is 9.86. The predicted molar refractivity (Wildman–Crippen MR) is 66.4 cm³/mol. The first kappa shape index (κ1) is 12.8. The standard InChI is InChI=1S/C13H16F2N2O/c14-13(15)6-4-9(5-7-13)12(18)17-11-3-1-2-10(16)8-11/h1-3,8-9H,4-7,16H2,(H,17,18). The van der Waals surface area contributed by atoms with Gasteiger partial charge in [-0.25, -0.2) is 8.78 Å². The number of hydrogen-bond donors (Lipinski definition) is 2. The minimum absolute atomic E-state index is 0.198. The maximum absolute atomic E-state index is 13.0. The fourth-order valence-electron chi connectivity index (χ4n) is 2.16. The van der Waals surface area contributed by atoms with Gasteiger partial charge in [-0.3, -0.25) is 4.79 Å². The van der Waals surface area contributed by atoms with Crippen LogP contribution in [-0.2, 0) is 4.79 Å². The molecule has 1 saturated carbocycles. The van der Waals surface area contributed by atoms with Crippen molar-refractivity contribution >= 4 is 17.3 Å². The number of carbonyl (C=O) groups excluding carboxylic acids is 1. The molecule has 98 valence electrons. The quantitative estimate of drug-likeness (QED) is 0.797. The minimum Gasteiger partial charge on any atom is -0.399 e. The Kier molecular flexibility index (Phi) is 3.50. The van der Waals surface area contributed by atoms with E-state index in [9.17, 15) is 13.6 Å². The number of alkyl halides is 2. The molecule has 3 N–H and O–H groups in total. The topological polar surface area (TPSA) is 55.1 Å². The van der Waals surface area contributed by atoms with Crippen molar-refractivity contribution in [2.45, 2.75) is 31.6 Å². The summed E-state index contributed by atoms with van der Waals surface area (Å²) in [7, 11) is 0. The monoisotopic (exact) mass is 254 g/mol. The number of hydrogen-bond acceptors (Lipinski definition) is 2. The molecule has 0 aliphatic heterocycles. The maximum Gasteiger partial charge on any atom is 0.248 e. The fourth-order valence-corrected chi connectivity index (χ4v) is 2.16. The molecule has 1 aromatic carbocycles. The van der Waals surface area contributed by atoms with Crippen LogP contribution in [0.1, 0.15) is 25.7 Å². The average Bonchev–Trinajstić information content (AvgIpc) is 2.28. The Morgan fingerprint density at radius 2 is 2.00 bits per heavy atom. The summed E-state index contributed by atoms with van der Waals surface area (Å²) in [6.07, 6.45) is 0.0618. The molecule has 18 heavy (non-hydrogen) atoms. The first-order chi connectivity index (χ1) is 8.46. The second kappa shape index (κ2) is 4.92. The number of nitrogens with two attached hydrogens (primary N) is 1. The Balaban J connectivity index is 1.93. The van der Waals surface area contributed by atoms with E-state index in [-0.39, 0.29) is 37.5 Å². The lowest BCUT2D eigenvalue weighted by Crippen LogP contribution is -2.31. The molecule has 1 fully saturated rings. The number of nitrogen functional groups attached to an aromatic ring is 1. The average molecular weight is 254 g/mol. The third kappa shape index (κ3) is 3.18. The Bertz CT molecular complexity index is 438. The summed E-state index contributed by atoms with van der Waals surface area (Å²) in [5.74, 6) is -3.13. The molecule has 0 bridgehead atoms. The SMILES string of the molecule is Nc1cccc(NC(=O)C2CCC(F)(F)CC2)c1. The van der Waals surface area contributed by atoms with Crippen LogP contribution >= 0.6 is 0 Å². The zero-order valence-corrected chi connectivity index (χ0v) is 9.96. The number of anilines is 2. The molecule has 0 heterocycles. The maximum atomic E-state index is 13.0. The highest BCUT2D eigenvalue weighted by Crippen LogP contribution is 2.36. The summed E-state index contributed by atoms with van der Waals surface area (Å²) in [6, 6.07) is 6.83. The third-order valence-corrected chi connectivity index (χ3v) is 3.24. The van der Waals surface area contributed by atoms with Crippen LogP contribution in [0.3, 0.4) is 0 Å². The van der Waals surface area contributed by atoms with Gasteiger partial charge in [0.25, 0.3) is 0 Å². The van der Waals surface area contributed by atoms with Crippen LogP contribution in [0.25, 0.3) is 0 Å². The van der Waals surface area contributed by atoms with Crippen LogP contribution in [0.4, 0.5) is 20.2 Å². The molecule has 0 atom stereocenters. The largest absolute Gasteiger partial charge is 0.399 e. The van der Waals surface area contributed by atoms with Gasteiger partial charge in [0, 0.05) is 30.1 Å². The van der Waals surface area contributed by atoms with Crippen LogP contribution in [-0.4, -0.2) is 11.8 Å². The van der Waals surface area contributed by atoms with Gasteiger partial charge < -0.3 is 11.1 Å². The number of nitrogens with one attached hydrogen (secondary N) is 1. The Morgan fingerprint density at radius 3 is 2.61 bits per heavy atom. The van der Waals surface area contributed by atoms with Crippen molar-refractivity contribution in [1.82, 2.24) is 0 Å². The van der Waals surface area contributed by atoms with E-state index in [0.29, 0.717) is 11.4 Å². The van der Waals surface area contributed by atoms with E-state index in [0.717, 1.165) is 0 Å². The Hall–Kier alpha value is -1.65. The van der Waals surface area contributed by atoms with E-state index in [1.54, 1.807) is 24.3 Å². The van der Waals surface area contributed by atoms with Gasteiger partial charge in [-0.2, -0.15) is 0 Å². The van der Waals surface area contributed by atoms with Crippen molar-refractivity contribution in [2.24, 2.45) is 5.92 Å². The molecule has 1 aliphatic rings. The van der Waals surface area contributed by atoms with Crippen molar-refractivity contribution in [2.75, 3.05) is 11.1 Å². The molecule has 3 nitrogen and oxygen atoms in total. The van der Waals surface area contributed by atoms with Crippen molar-refractivity contribution in [3.8, 4) is 0 Å². The minimum atomic E-state index is -2.60.